The SMILES string of the molecule is COc1ccc(-c2c3nc(c(-c4ccc(OC)cc4)c4[nH]c(c(-c5ccc(OC)cc5)c5nc(c(-c6ccc(OC)cc6)c6[nH]c2c2ccccc62)-c2ccccc2-5)c2ccccc42)-c2ccccc2-3)cc1.[Zn]. The molecule has 0 fully saturated rings. The van der Waals surface area contributed by atoms with Gasteiger partial charge in [0.15, 0.2) is 0 Å². The first-order valence-electron chi connectivity index (χ1n) is 23.9. The van der Waals surface area contributed by atoms with Gasteiger partial charge in [-0.2, -0.15) is 0 Å². The van der Waals surface area contributed by atoms with E-state index in [9.17, 15) is 0 Å². The second kappa shape index (κ2) is 18.4. The first-order chi connectivity index (χ1) is 35.5. The van der Waals surface area contributed by atoms with Gasteiger partial charge in [0.05, 0.1) is 73.3 Å². The van der Waals surface area contributed by atoms with Crippen molar-refractivity contribution in [3.63, 3.8) is 0 Å². The second-order valence-corrected chi connectivity index (χ2v) is 18.0. The Hall–Kier alpha value is -8.78. The van der Waals surface area contributed by atoms with E-state index in [1.807, 2.05) is 48.5 Å². The summed E-state index contributed by atoms with van der Waals surface area (Å²) in [4.78, 5) is 20.1. The van der Waals surface area contributed by atoms with E-state index in [1.165, 1.54) is 0 Å². The molecule has 0 radical (unpaired) electrons. The van der Waals surface area contributed by atoms with E-state index in [1.54, 1.807) is 28.4 Å². The van der Waals surface area contributed by atoms with Gasteiger partial charge in [-0.15, -0.1) is 0 Å². The summed E-state index contributed by atoms with van der Waals surface area (Å²) in [6.45, 7) is 0. The number of methoxy groups -OCH3 is 4. The maximum Gasteiger partial charge on any atom is 0.118 e. The van der Waals surface area contributed by atoms with Gasteiger partial charge >= 0.3 is 0 Å². The Labute approximate surface area is 434 Å². The molecule has 2 N–H and O–H groups in total. The molecule has 10 aromatic rings. The van der Waals surface area contributed by atoms with Gasteiger partial charge in [-0.25, -0.2) is 9.97 Å². The third-order valence-electron chi connectivity index (χ3n) is 14.2. The Kier molecular flexibility index (Phi) is 11.5. The molecule has 0 atom stereocenters. The Balaban J connectivity index is 0.00000543. The van der Waals surface area contributed by atoms with Gasteiger partial charge in [0, 0.05) is 85.5 Å². The van der Waals surface area contributed by atoms with Crippen molar-refractivity contribution >= 4 is 43.6 Å². The monoisotopic (exact) mass is 998 g/mol. The van der Waals surface area contributed by atoms with Gasteiger partial charge in [-0.3, -0.25) is 0 Å². The molecule has 8 nitrogen and oxygen atoms in total. The van der Waals surface area contributed by atoms with Crippen LogP contribution in [0.25, 0.3) is 133 Å². The van der Waals surface area contributed by atoms with Crippen LogP contribution in [-0.2, 0) is 19.5 Å². The third kappa shape index (κ3) is 7.38. The Morgan fingerprint density at radius 3 is 0.685 bits per heavy atom. The predicted octanol–water partition coefficient (Wildman–Crippen LogP) is 16.0. The van der Waals surface area contributed by atoms with E-state index in [0.717, 1.165) is 156 Å². The van der Waals surface area contributed by atoms with Crippen molar-refractivity contribution in [1.82, 2.24) is 19.9 Å². The van der Waals surface area contributed by atoms with E-state index < -0.39 is 0 Å². The average Bonchev–Trinajstić information content (AvgIpc) is 4.22. The summed E-state index contributed by atoms with van der Waals surface area (Å²) in [5, 5.41) is 4.18. The number of aromatic amines is 2. The molecular formula is C64H46N4O4Zn. The van der Waals surface area contributed by atoms with Gasteiger partial charge in [-0.1, -0.05) is 146 Å². The van der Waals surface area contributed by atoms with E-state index in [0.29, 0.717) is 0 Å². The average molecular weight is 1000 g/mol. The standard InChI is InChI=1S/C64H46N4O4.Zn/c1-69-41-29-21-37(22-30-41)53-57-45-13-5-7-15-47(45)59(65-57)54(38-23-31-42(70-2)32-24-38)61-49-17-9-11-19-51(49)63(67-61)56(40-27-35-44(72-4)36-28-40)64-52-20-12-10-18-50(52)62(68-64)55(39-25-33-43(71-3)34-26-39)60-48-16-8-6-14-46(48)58(53)66-60;/h5-36,65,68H,1-4H3;. The molecule has 73 heavy (non-hydrogen) atoms. The maximum atomic E-state index is 5.92. The number of H-pyrrole nitrogens is 2. The van der Waals surface area contributed by atoms with Crippen molar-refractivity contribution in [1.29, 1.82) is 0 Å². The van der Waals surface area contributed by atoms with Gasteiger partial charge in [-0.05, 0) is 70.8 Å². The second-order valence-electron chi connectivity index (χ2n) is 18.0. The number of ether oxygens (including phenoxy) is 4. The fourth-order valence-corrected chi connectivity index (χ4v) is 10.8. The summed E-state index contributed by atoms with van der Waals surface area (Å²) in [5.41, 5.74) is 18.9. The Morgan fingerprint density at radius 1 is 0.274 bits per heavy atom. The molecule has 3 aliphatic rings. The molecule has 0 saturated carbocycles. The molecule has 2 aromatic heterocycles. The summed E-state index contributed by atoms with van der Waals surface area (Å²) >= 11 is 0. The summed E-state index contributed by atoms with van der Waals surface area (Å²) < 4.78 is 23.0. The third-order valence-corrected chi connectivity index (χ3v) is 14.2. The molecule has 8 bridgehead atoms. The van der Waals surface area contributed by atoms with Crippen LogP contribution in [0.4, 0.5) is 0 Å². The molecule has 4 heterocycles. The molecule has 0 spiro atoms. The molecule has 2 aliphatic heterocycles. The number of aromatic nitrogens is 4. The van der Waals surface area contributed by atoms with Crippen LogP contribution in [0.3, 0.4) is 0 Å². The number of hydrogen-bond donors (Lipinski definition) is 2. The van der Waals surface area contributed by atoms with Crippen molar-refractivity contribution in [2.75, 3.05) is 28.4 Å². The minimum absolute atomic E-state index is 0. The van der Waals surface area contributed by atoms with Crippen molar-refractivity contribution < 1.29 is 38.4 Å². The molecule has 0 saturated heterocycles. The fourth-order valence-electron chi connectivity index (χ4n) is 10.8. The fraction of sp³-hybridized carbons (Fsp3) is 0.0625. The van der Waals surface area contributed by atoms with Crippen molar-refractivity contribution in [3.05, 3.63) is 194 Å². The van der Waals surface area contributed by atoms with Crippen LogP contribution >= 0.6 is 0 Å². The number of nitrogens with one attached hydrogen (secondary N) is 2. The normalized spacial score (nSPS) is 11.5. The van der Waals surface area contributed by atoms with Gasteiger partial charge < -0.3 is 28.9 Å². The van der Waals surface area contributed by atoms with Crippen molar-refractivity contribution in [3.8, 4) is 113 Å². The maximum absolute atomic E-state index is 5.92. The predicted molar refractivity (Wildman–Crippen MR) is 293 cm³/mol. The molecule has 13 rings (SSSR count). The molecule has 9 heteroatoms. The topological polar surface area (TPSA) is 94.3 Å². The van der Waals surface area contributed by atoms with Crippen LogP contribution in [0, 0.1) is 0 Å². The van der Waals surface area contributed by atoms with Crippen molar-refractivity contribution in [2.24, 2.45) is 0 Å². The minimum atomic E-state index is 0. The minimum Gasteiger partial charge on any atom is -0.497 e. The summed E-state index contributed by atoms with van der Waals surface area (Å²) in [6.07, 6.45) is 0. The van der Waals surface area contributed by atoms with Gasteiger partial charge in [0.2, 0.25) is 0 Å². The molecule has 0 amide bonds. The zero-order valence-electron chi connectivity index (χ0n) is 40.7. The van der Waals surface area contributed by atoms with Gasteiger partial charge in [0.1, 0.15) is 23.0 Å². The van der Waals surface area contributed by atoms with Crippen molar-refractivity contribution in [2.45, 2.75) is 0 Å². The first kappa shape index (κ1) is 45.4. The van der Waals surface area contributed by atoms with Gasteiger partial charge in [0.25, 0.3) is 0 Å². The summed E-state index contributed by atoms with van der Waals surface area (Å²) in [7, 11) is 6.80. The van der Waals surface area contributed by atoms with E-state index in [-0.39, 0.29) is 19.5 Å². The van der Waals surface area contributed by atoms with Crippen LogP contribution < -0.4 is 18.9 Å². The largest absolute Gasteiger partial charge is 0.497 e. The Bertz CT molecular complexity index is 3600. The number of rotatable bonds is 8. The van der Waals surface area contributed by atoms with Crippen LogP contribution in [0.15, 0.2) is 194 Å². The van der Waals surface area contributed by atoms with E-state index in [4.69, 9.17) is 28.9 Å². The van der Waals surface area contributed by atoms with E-state index >= 15 is 0 Å². The molecule has 0 unspecified atom stereocenters. The van der Waals surface area contributed by atoms with Crippen LogP contribution in [0.5, 0.6) is 23.0 Å². The van der Waals surface area contributed by atoms with Crippen LogP contribution in [-0.4, -0.2) is 48.4 Å². The summed E-state index contributed by atoms with van der Waals surface area (Å²) in [6, 6.07) is 67.7. The number of hydrogen-bond acceptors (Lipinski definition) is 6. The smallest absolute Gasteiger partial charge is 0.118 e. The molecule has 8 aromatic carbocycles. The zero-order valence-corrected chi connectivity index (χ0v) is 43.7. The van der Waals surface area contributed by atoms with Crippen LogP contribution in [0.1, 0.15) is 0 Å². The van der Waals surface area contributed by atoms with Crippen LogP contribution in [0.2, 0.25) is 0 Å². The molecular weight excluding hydrogens is 954 g/mol. The summed E-state index contributed by atoms with van der Waals surface area (Å²) in [5.74, 6) is 3.06. The quantitative estimate of drug-likeness (QED) is 0.147. The molecule has 348 valence electrons. The van der Waals surface area contributed by atoms with E-state index in [2.05, 4.69) is 156 Å². The zero-order chi connectivity index (χ0) is 48.5. The number of nitrogens with zero attached hydrogens (tertiary/aromatic N) is 2. The molecule has 1 aliphatic carbocycles. The first-order valence-corrected chi connectivity index (χ1v) is 23.9. The Morgan fingerprint density at radius 2 is 0.479 bits per heavy atom. The number of benzene rings is 8.